The number of morpholine rings is 1. The lowest BCUT2D eigenvalue weighted by molar-refractivity contribution is 0.0696. The highest BCUT2D eigenvalue weighted by Gasteiger charge is 2.22. The van der Waals surface area contributed by atoms with Crippen molar-refractivity contribution in [3.63, 3.8) is 0 Å². The van der Waals surface area contributed by atoms with Crippen LogP contribution < -0.4 is 4.90 Å². The number of rotatable bonds is 2. The third kappa shape index (κ3) is 2.43. The van der Waals surface area contributed by atoms with E-state index in [-0.39, 0.29) is 5.56 Å². The van der Waals surface area contributed by atoms with Gasteiger partial charge in [0.1, 0.15) is 5.56 Å². The molecule has 1 N–H and O–H groups in total. The number of hydrogen-bond acceptors (Lipinski definition) is 4. The normalized spacial score (nSPS) is 15.4. The van der Waals surface area contributed by atoms with Gasteiger partial charge in [0.15, 0.2) is 0 Å². The highest BCUT2D eigenvalue weighted by Crippen LogP contribution is 2.34. The minimum Gasteiger partial charge on any atom is -0.478 e. The lowest BCUT2D eigenvalue weighted by Crippen LogP contribution is -2.37. The Morgan fingerprint density at radius 1 is 1.38 bits per heavy atom. The van der Waals surface area contributed by atoms with Gasteiger partial charge in [-0.15, -0.1) is 0 Å². The molecule has 1 aromatic heterocycles. The van der Waals surface area contributed by atoms with Crippen molar-refractivity contribution in [1.82, 2.24) is 4.98 Å². The van der Waals surface area contributed by atoms with Crippen LogP contribution in [-0.4, -0.2) is 42.4 Å². The van der Waals surface area contributed by atoms with Crippen LogP contribution in [0.4, 0.5) is 5.69 Å². The molecule has 1 aliphatic rings. The molecule has 5 nitrogen and oxygen atoms in total. The maximum absolute atomic E-state index is 11.5. The average molecular weight is 307 g/mol. The molecule has 0 aliphatic carbocycles. The summed E-state index contributed by atoms with van der Waals surface area (Å²) in [4.78, 5) is 17.9. The summed E-state index contributed by atoms with van der Waals surface area (Å²) in [6.07, 6.45) is 1.42. The predicted octanol–water partition coefficient (Wildman–Crippen LogP) is 2.73. The number of benzene rings is 1. The van der Waals surface area contributed by atoms with E-state index in [2.05, 4.69) is 4.98 Å². The van der Waals surface area contributed by atoms with Crippen molar-refractivity contribution in [3.05, 3.63) is 34.5 Å². The maximum atomic E-state index is 11.5. The van der Waals surface area contributed by atoms with E-state index in [0.29, 0.717) is 37.0 Å². The molecule has 0 atom stereocenters. The van der Waals surface area contributed by atoms with Crippen molar-refractivity contribution in [2.45, 2.75) is 6.92 Å². The first-order chi connectivity index (χ1) is 10.1. The summed E-state index contributed by atoms with van der Waals surface area (Å²) >= 11 is 6.14. The molecule has 1 aliphatic heterocycles. The van der Waals surface area contributed by atoms with Crippen LogP contribution in [0.2, 0.25) is 5.02 Å². The summed E-state index contributed by atoms with van der Waals surface area (Å²) in [5.41, 5.74) is 2.52. The SMILES string of the molecule is Cc1c(Cl)ccc2c(N3CCOCC3)c(C(=O)O)cnc12. The topological polar surface area (TPSA) is 62.7 Å². The van der Waals surface area contributed by atoms with Crippen LogP contribution in [0.3, 0.4) is 0 Å². The van der Waals surface area contributed by atoms with Crippen molar-refractivity contribution < 1.29 is 14.6 Å². The molecular formula is C15H15ClN2O3. The molecule has 0 amide bonds. The lowest BCUT2D eigenvalue weighted by atomic mass is 10.0. The van der Waals surface area contributed by atoms with Crippen molar-refractivity contribution >= 4 is 34.2 Å². The molecule has 6 heteroatoms. The standard InChI is InChI=1S/C15H15ClN2O3/c1-9-12(16)3-2-10-13(9)17-8-11(15(19)20)14(10)18-4-6-21-7-5-18/h2-3,8H,4-7H2,1H3,(H,19,20). The minimum absolute atomic E-state index is 0.214. The molecule has 2 heterocycles. The predicted molar refractivity (Wildman–Crippen MR) is 81.5 cm³/mol. The number of pyridine rings is 1. The molecule has 1 saturated heterocycles. The van der Waals surface area contributed by atoms with Gasteiger partial charge >= 0.3 is 5.97 Å². The van der Waals surface area contributed by atoms with Gasteiger partial charge in [-0.25, -0.2) is 4.79 Å². The van der Waals surface area contributed by atoms with Crippen LogP contribution in [0, 0.1) is 6.92 Å². The molecule has 110 valence electrons. The summed E-state index contributed by atoms with van der Waals surface area (Å²) in [6, 6.07) is 3.63. The highest BCUT2D eigenvalue weighted by atomic mass is 35.5. The summed E-state index contributed by atoms with van der Waals surface area (Å²) in [5, 5.41) is 10.9. The minimum atomic E-state index is -0.974. The molecule has 1 fully saturated rings. The Balaban J connectivity index is 2.28. The number of ether oxygens (including phenoxy) is 1. The van der Waals surface area contributed by atoms with E-state index in [9.17, 15) is 9.90 Å². The molecule has 0 saturated carbocycles. The number of carboxylic acids is 1. The quantitative estimate of drug-likeness (QED) is 0.924. The molecule has 0 radical (unpaired) electrons. The molecule has 21 heavy (non-hydrogen) atoms. The van der Waals surface area contributed by atoms with Gasteiger partial charge in [-0.2, -0.15) is 0 Å². The molecule has 2 aromatic rings. The number of carbonyl (C=O) groups is 1. The van der Waals surface area contributed by atoms with Crippen molar-refractivity contribution in [1.29, 1.82) is 0 Å². The summed E-state index contributed by atoms with van der Waals surface area (Å²) in [7, 11) is 0. The number of aryl methyl sites for hydroxylation is 1. The van der Waals surface area contributed by atoms with Gasteiger partial charge < -0.3 is 14.7 Å². The Hall–Kier alpha value is -1.85. The van der Waals surface area contributed by atoms with Crippen molar-refractivity contribution in [2.75, 3.05) is 31.2 Å². The largest absolute Gasteiger partial charge is 0.478 e. The molecule has 1 aromatic carbocycles. The Bertz CT molecular complexity index is 712. The second-order valence-electron chi connectivity index (χ2n) is 4.99. The number of anilines is 1. The van der Waals surface area contributed by atoms with Crippen LogP contribution in [0.15, 0.2) is 18.3 Å². The zero-order valence-electron chi connectivity index (χ0n) is 11.6. The number of halogens is 1. The van der Waals surface area contributed by atoms with E-state index in [0.717, 1.165) is 16.5 Å². The van der Waals surface area contributed by atoms with Gasteiger partial charge in [-0.1, -0.05) is 11.6 Å². The Morgan fingerprint density at radius 2 is 2.10 bits per heavy atom. The first kappa shape index (κ1) is 14.1. The zero-order chi connectivity index (χ0) is 15.0. The highest BCUT2D eigenvalue weighted by molar-refractivity contribution is 6.32. The van der Waals surface area contributed by atoms with E-state index >= 15 is 0 Å². The van der Waals surface area contributed by atoms with Crippen molar-refractivity contribution in [3.8, 4) is 0 Å². The first-order valence-corrected chi connectivity index (χ1v) is 7.11. The third-order valence-electron chi connectivity index (χ3n) is 3.76. The van der Waals surface area contributed by atoms with E-state index in [1.807, 2.05) is 17.9 Å². The molecule has 0 spiro atoms. The number of nitrogens with zero attached hydrogens (tertiary/aromatic N) is 2. The smallest absolute Gasteiger partial charge is 0.339 e. The third-order valence-corrected chi connectivity index (χ3v) is 4.17. The number of fused-ring (bicyclic) bond motifs is 1. The monoisotopic (exact) mass is 306 g/mol. The summed E-state index contributed by atoms with van der Waals surface area (Å²) in [6.45, 7) is 4.41. The summed E-state index contributed by atoms with van der Waals surface area (Å²) in [5.74, 6) is -0.974. The summed E-state index contributed by atoms with van der Waals surface area (Å²) < 4.78 is 5.35. The lowest BCUT2D eigenvalue weighted by Gasteiger charge is -2.31. The number of aromatic nitrogens is 1. The number of carboxylic acid groups (broad SMARTS) is 1. The van der Waals surface area contributed by atoms with Gasteiger partial charge in [0.25, 0.3) is 0 Å². The number of aromatic carboxylic acids is 1. The molecule has 0 unspecified atom stereocenters. The van der Waals surface area contributed by atoms with Crippen LogP contribution in [-0.2, 0) is 4.74 Å². The van der Waals surface area contributed by atoms with E-state index in [4.69, 9.17) is 16.3 Å². The van der Waals surface area contributed by atoms with E-state index in [1.54, 1.807) is 6.07 Å². The maximum Gasteiger partial charge on any atom is 0.339 e. The fourth-order valence-corrected chi connectivity index (χ4v) is 2.80. The fraction of sp³-hybridized carbons (Fsp3) is 0.333. The first-order valence-electron chi connectivity index (χ1n) is 6.73. The Labute approximate surface area is 127 Å². The molecule has 3 rings (SSSR count). The Kier molecular flexibility index (Phi) is 3.69. The van der Waals surface area contributed by atoms with Crippen LogP contribution in [0.25, 0.3) is 10.9 Å². The average Bonchev–Trinajstić information content (AvgIpc) is 2.50. The molecule has 0 bridgehead atoms. The van der Waals surface area contributed by atoms with Gasteiger partial charge in [0.05, 0.1) is 24.4 Å². The second-order valence-corrected chi connectivity index (χ2v) is 5.40. The second kappa shape index (κ2) is 5.50. The van der Waals surface area contributed by atoms with Gasteiger partial charge in [0, 0.05) is 29.7 Å². The fourth-order valence-electron chi connectivity index (χ4n) is 2.65. The zero-order valence-corrected chi connectivity index (χ0v) is 12.4. The van der Waals surface area contributed by atoms with Crippen molar-refractivity contribution in [2.24, 2.45) is 0 Å². The van der Waals surface area contributed by atoms with Gasteiger partial charge in [-0.3, -0.25) is 4.98 Å². The Morgan fingerprint density at radius 3 is 2.76 bits per heavy atom. The van der Waals surface area contributed by atoms with E-state index < -0.39 is 5.97 Å². The van der Waals surface area contributed by atoms with Gasteiger partial charge in [-0.05, 0) is 24.6 Å². The van der Waals surface area contributed by atoms with Gasteiger partial charge in [0.2, 0.25) is 0 Å². The molecular weight excluding hydrogens is 292 g/mol. The number of hydrogen-bond donors (Lipinski definition) is 1. The van der Waals surface area contributed by atoms with Crippen LogP contribution in [0.5, 0.6) is 0 Å². The van der Waals surface area contributed by atoms with E-state index in [1.165, 1.54) is 6.20 Å². The van der Waals surface area contributed by atoms with Crippen LogP contribution >= 0.6 is 11.6 Å². The van der Waals surface area contributed by atoms with Crippen LogP contribution in [0.1, 0.15) is 15.9 Å².